The summed E-state index contributed by atoms with van der Waals surface area (Å²) in [5.74, 6) is 0.629. The van der Waals surface area contributed by atoms with Crippen LogP contribution < -0.4 is 0 Å². The number of nitrogens with zero attached hydrogens (tertiary/aromatic N) is 2. The summed E-state index contributed by atoms with van der Waals surface area (Å²) in [5.41, 5.74) is 3.54. The summed E-state index contributed by atoms with van der Waals surface area (Å²) in [5, 5.41) is 0.810. The quantitative estimate of drug-likeness (QED) is 0.507. The Labute approximate surface area is 198 Å². The average molecular weight is 453 g/mol. The highest BCUT2D eigenvalue weighted by Crippen LogP contribution is 2.39. The Bertz CT molecular complexity index is 994. The Hall–Kier alpha value is -2.43. The van der Waals surface area contributed by atoms with Crippen LogP contribution in [-0.4, -0.2) is 41.5 Å². The summed E-state index contributed by atoms with van der Waals surface area (Å²) in [4.78, 5) is 33.1. The van der Waals surface area contributed by atoms with E-state index in [-0.39, 0.29) is 17.9 Å². The number of rotatable bonds is 7. The van der Waals surface area contributed by atoms with Gasteiger partial charge in [-0.25, -0.2) is 4.79 Å². The van der Waals surface area contributed by atoms with E-state index in [2.05, 4.69) is 48.5 Å². The number of aryl methyl sites for hydroxylation is 1. The van der Waals surface area contributed by atoms with Gasteiger partial charge in [0.25, 0.3) is 5.91 Å². The lowest BCUT2D eigenvalue weighted by Crippen LogP contribution is -2.39. The van der Waals surface area contributed by atoms with E-state index in [1.54, 1.807) is 0 Å². The molecule has 3 rings (SSSR count). The third-order valence-corrected chi connectivity index (χ3v) is 6.54. The maximum absolute atomic E-state index is 13.4. The molecule has 1 aliphatic carbocycles. The SMILES string of the molecule is CC(C)CN(CC(C)C)C(=O)COC(=O)c1c2c(nc3ccccc13)CCC(C(C)(C)C)C2. The summed E-state index contributed by atoms with van der Waals surface area (Å²) in [6, 6.07) is 7.75. The number of ether oxygens (including phenoxy) is 1. The van der Waals surface area contributed by atoms with E-state index in [1.165, 1.54) is 0 Å². The molecule has 0 spiro atoms. The van der Waals surface area contributed by atoms with E-state index in [4.69, 9.17) is 9.72 Å². The number of pyridine rings is 1. The number of fused-ring (bicyclic) bond motifs is 2. The lowest BCUT2D eigenvalue weighted by molar-refractivity contribution is -0.135. The minimum absolute atomic E-state index is 0.134. The fraction of sp³-hybridized carbons (Fsp3) is 0.607. The van der Waals surface area contributed by atoms with Gasteiger partial charge < -0.3 is 9.64 Å². The molecule has 1 atom stereocenters. The molecule has 1 aromatic carbocycles. The number of carbonyl (C=O) groups excluding carboxylic acids is 2. The number of carbonyl (C=O) groups is 2. The van der Waals surface area contributed by atoms with Crippen LogP contribution in [0.5, 0.6) is 0 Å². The van der Waals surface area contributed by atoms with Gasteiger partial charge in [-0.05, 0) is 54.1 Å². The number of esters is 1. The molecule has 1 unspecified atom stereocenters. The zero-order valence-electron chi connectivity index (χ0n) is 21.4. The second-order valence-electron chi connectivity index (χ2n) is 11.4. The van der Waals surface area contributed by atoms with Gasteiger partial charge in [0.2, 0.25) is 0 Å². The van der Waals surface area contributed by atoms with Crippen LogP contribution in [0.3, 0.4) is 0 Å². The van der Waals surface area contributed by atoms with Gasteiger partial charge in [0, 0.05) is 24.2 Å². The Morgan fingerprint density at radius 1 is 1.09 bits per heavy atom. The maximum atomic E-state index is 13.4. The second-order valence-corrected chi connectivity index (χ2v) is 11.4. The van der Waals surface area contributed by atoms with Crippen LogP contribution >= 0.6 is 0 Å². The lowest BCUT2D eigenvalue weighted by atomic mass is 9.70. The van der Waals surface area contributed by atoms with Crippen molar-refractivity contribution in [3.63, 3.8) is 0 Å². The van der Waals surface area contributed by atoms with Gasteiger partial charge >= 0.3 is 5.97 Å². The molecule has 0 bridgehead atoms. The molecular formula is C28H40N2O3. The van der Waals surface area contributed by atoms with Gasteiger partial charge in [0.15, 0.2) is 6.61 Å². The third kappa shape index (κ3) is 6.13. The monoisotopic (exact) mass is 452 g/mol. The van der Waals surface area contributed by atoms with E-state index in [0.717, 1.165) is 41.4 Å². The first-order valence-corrected chi connectivity index (χ1v) is 12.3. The first-order valence-electron chi connectivity index (χ1n) is 12.3. The molecule has 0 saturated heterocycles. The maximum Gasteiger partial charge on any atom is 0.339 e. The van der Waals surface area contributed by atoms with E-state index < -0.39 is 5.97 Å². The highest BCUT2D eigenvalue weighted by atomic mass is 16.5. The Morgan fingerprint density at radius 2 is 1.73 bits per heavy atom. The lowest BCUT2D eigenvalue weighted by Gasteiger charge is -2.35. The summed E-state index contributed by atoms with van der Waals surface area (Å²) in [6.07, 6.45) is 2.73. The van der Waals surface area contributed by atoms with E-state index in [0.29, 0.717) is 36.4 Å². The Kier molecular flexibility index (Phi) is 7.81. The van der Waals surface area contributed by atoms with Crippen molar-refractivity contribution >= 4 is 22.8 Å². The average Bonchev–Trinajstić information content (AvgIpc) is 2.73. The normalized spacial score (nSPS) is 16.2. The third-order valence-electron chi connectivity index (χ3n) is 6.54. The number of para-hydroxylation sites is 1. The van der Waals surface area contributed by atoms with E-state index >= 15 is 0 Å². The molecule has 0 saturated carbocycles. The van der Waals surface area contributed by atoms with Crippen LogP contribution in [0.2, 0.25) is 0 Å². The van der Waals surface area contributed by atoms with Gasteiger partial charge in [0.1, 0.15) is 0 Å². The van der Waals surface area contributed by atoms with Crippen LogP contribution in [0.25, 0.3) is 10.9 Å². The summed E-state index contributed by atoms with van der Waals surface area (Å²) in [6.45, 7) is 16.2. The van der Waals surface area contributed by atoms with Crippen molar-refractivity contribution in [1.82, 2.24) is 9.88 Å². The van der Waals surface area contributed by atoms with Crippen LogP contribution in [0.4, 0.5) is 0 Å². The topological polar surface area (TPSA) is 59.5 Å². The Morgan fingerprint density at radius 3 is 2.33 bits per heavy atom. The van der Waals surface area contributed by atoms with Crippen LogP contribution in [0.1, 0.15) is 76.5 Å². The second kappa shape index (κ2) is 10.2. The molecule has 0 radical (unpaired) electrons. The van der Waals surface area contributed by atoms with E-state index in [1.807, 2.05) is 29.2 Å². The Balaban J connectivity index is 1.89. The van der Waals surface area contributed by atoms with Crippen molar-refractivity contribution in [3.05, 3.63) is 41.1 Å². The van der Waals surface area contributed by atoms with Gasteiger partial charge in [-0.2, -0.15) is 0 Å². The minimum Gasteiger partial charge on any atom is -0.452 e. The number of aromatic nitrogens is 1. The van der Waals surface area contributed by atoms with Crippen molar-refractivity contribution in [1.29, 1.82) is 0 Å². The van der Waals surface area contributed by atoms with Gasteiger partial charge in [-0.3, -0.25) is 9.78 Å². The minimum atomic E-state index is -0.415. The molecule has 5 heteroatoms. The zero-order chi connectivity index (χ0) is 24.3. The largest absolute Gasteiger partial charge is 0.452 e. The predicted octanol–water partition coefficient (Wildman–Crippen LogP) is 5.68. The highest BCUT2D eigenvalue weighted by molar-refractivity contribution is 6.05. The van der Waals surface area contributed by atoms with Crippen molar-refractivity contribution in [2.75, 3.05) is 19.7 Å². The number of benzene rings is 1. The van der Waals surface area contributed by atoms with Gasteiger partial charge in [-0.15, -0.1) is 0 Å². The van der Waals surface area contributed by atoms with Crippen molar-refractivity contribution in [3.8, 4) is 0 Å². The zero-order valence-corrected chi connectivity index (χ0v) is 21.4. The molecule has 5 nitrogen and oxygen atoms in total. The fourth-order valence-electron chi connectivity index (χ4n) is 4.81. The van der Waals surface area contributed by atoms with E-state index in [9.17, 15) is 9.59 Å². The summed E-state index contributed by atoms with van der Waals surface area (Å²) >= 11 is 0. The first-order chi connectivity index (χ1) is 15.5. The molecule has 1 aliphatic rings. The number of hydrogen-bond acceptors (Lipinski definition) is 4. The molecule has 1 heterocycles. The molecule has 33 heavy (non-hydrogen) atoms. The highest BCUT2D eigenvalue weighted by Gasteiger charge is 2.33. The molecule has 0 aliphatic heterocycles. The predicted molar refractivity (Wildman–Crippen MR) is 133 cm³/mol. The molecule has 1 aromatic heterocycles. The summed E-state index contributed by atoms with van der Waals surface area (Å²) in [7, 11) is 0. The van der Waals surface area contributed by atoms with Crippen LogP contribution in [-0.2, 0) is 22.4 Å². The van der Waals surface area contributed by atoms with Crippen LogP contribution in [0.15, 0.2) is 24.3 Å². The smallest absolute Gasteiger partial charge is 0.339 e. The van der Waals surface area contributed by atoms with Crippen molar-refractivity contribution < 1.29 is 14.3 Å². The van der Waals surface area contributed by atoms with Crippen LogP contribution in [0, 0.1) is 23.2 Å². The molecule has 1 amide bonds. The van der Waals surface area contributed by atoms with Gasteiger partial charge in [0.05, 0.1) is 11.1 Å². The number of hydrogen-bond donors (Lipinski definition) is 0. The molecule has 2 aromatic rings. The van der Waals surface area contributed by atoms with Gasteiger partial charge in [-0.1, -0.05) is 66.7 Å². The standard InChI is InChI=1S/C28H40N2O3/c1-18(2)15-30(16-19(3)4)25(31)17-33-27(32)26-21-10-8-9-11-23(21)29-24-13-12-20(14-22(24)26)28(5,6)7/h8-11,18-20H,12-17H2,1-7H3. The number of amides is 1. The molecule has 180 valence electrons. The fourth-order valence-corrected chi connectivity index (χ4v) is 4.81. The van der Waals surface area contributed by atoms with Crippen molar-refractivity contribution in [2.24, 2.45) is 23.2 Å². The first kappa shape index (κ1) is 25.2. The molecule has 0 fully saturated rings. The summed E-state index contributed by atoms with van der Waals surface area (Å²) < 4.78 is 5.67. The van der Waals surface area contributed by atoms with Crippen molar-refractivity contribution in [2.45, 2.75) is 67.7 Å². The molecular weight excluding hydrogens is 412 g/mol. The molecule has 0 N–H and O–H groups in total.